The molecule has 0 amide bonds. The van der Waals surface area contributed by atoms with Gasteiger partial charge in [-0.25, -0.2) is 9.98 Å². The fraction of sp³-hybridized carbons (Fsp3) is 0.500. The average molecular weight is 553 g/mol. The van der Waals surface area contributed by atoms with Crippen LogP contribution in [0, 0.1) is 0 Å². The van der Waals surface area contributed by atoms with Gasteiger partial charge in [-0.3, -0.25) is 0 Å². The molecule has 0 saturated carbocycles. The molecule has 0 spiro atoms. The van der Waals surface area contributed by atoms with Gasteiger partial charge in [0, 0.05) is 52.5 Å². The van der Waals surface area contributed by atoms with Gasteiger partial charge in [-0.05, 0) is 42.8 Å². The molecule has 0 radical (unpaired) electrons. The van der Waals surface area contributed by atoms with Crippen molar-refractivity contribution in [3.8, 4) is 5.75 Å². The summed E-state index contributed by atoms with van der Waals surface area (Å²) in [5, 5.41) is 3.39. The summed E-state index contributed by atoms with van der Waals surface area (Å²) in [5.41, 5.74) is 2.33. The molecule has 8 heteroatoms. The number of piperazine rings is 1. The summed E-state index contributed by atoms with van der Waals surface area (Å²) in [5.74, 6) is 2.82. The highest BCUT2D eigenvalue weighted by molar-refractivity contribution is 14.0. The van der Waals surface area contributed by atoms with Gasteiger partial charge in [0.2, 0.25) is 0 Å². The van der Waals surface area contributed by atoms with Crippen LogP contribution in [-0.4, -0.2) is 74.2 Å². The molecule has 0 unspecified atom stereocenters. The standard InChI is InChI=1S/C24H36N6O.HI/c1-5-25-24(28(3)19-20-7-10-22(31-4)11-8-20)27-18-21-9-12-23(26-17-21)30-15-13-29(6-2)14-16-30;/h7-12,17H,5-6,13-16,18-19H2,1-4H3,(H,25,27);1H. The molecule has 0 atom stereocenters. The molecule has 176 valence electrons. The van der Waals surface area contributed by atoms with Gasteiger partial charge in [-0.1, -0.05) is 25.1 Å². The predicted octanol–water partition coefficient (Wildman–Crippen LogP) is 3.45. The number of hydrogen-bond donors (Lipinski definition) is 1. The van der Waals surface area contributed by atoms with E-state index in [-0.39, 0.29) is 24.0 Å². The molecule has 0 aliphatic carbocycles. The van der Waals surface area contributed by atoms with Crippen LogP contribution in [-0.2, 0) is 13.1 Å². The molecule has 0 bridgehead atoms. The van der Waals surface area contributed by atoms with E-state index in [1.807, 2.05) is 18.3 Å². The van der Waals surface area contributed by atoms with Crippen molar-refractivity contribution in [2.75, 3.05) is 58.3 Å². The second-order valence-electron chi connectivity index (χ2n) is 7.82. The molecule has 1 aliphatic heterocycles. The zero-order chi connectivity index (χ0) is 22.1. The van der Waals surface area contributed by atoms with E-state index in [1.165, 1.54) is 5.56 Å². The molecule has 1 N–H and O–H groups in total. The van der Waals surface area contributed by atoms with E-state index in [4.69, 9.17) is 14.7 Å². The van der Waals surface area contributed by atoms with Crippen molar-refractivity contribution >= 4 is 35.8 Å². The van der Waals surface area contributed by atoms with Gasteiger partial charge in [-0.15, -0.1) is 24.0 Å². The third-order valence-corrected chi connectivity index (χ3v) is 5.64. The first-order valence-electron chi connectivity index (χ1n) is 11.2. The number of benzene rings is 1. The molecule has 32 heavy (non-hydrogen) atoms. The fourth-order valence-corrected chi connectivity index (χ4v) is 3.71. The smallest absolute Gasteiger partial charge is 0.194 e. The van der Waals surface area contributed by atoms with E-state index in [9.17, 15) is 0 Å². The van der Waals surface area contributed by atoms with Crippen molar-refractivity contribution in [1.82, 2.24) is 20.1 Å². The number of ether oxygens (including phenoxy) is 1. The number of methoxy groups -OCH3 is 1. The van der Waals surface area contributed by atoms with Crippen molar-refractivity contribution in [3.05, 3.63) is 53.7 Å². The maximum Gasteiger partial charge on any atom is 0.194 e. The third-order valence-electron chi connectivity index (χ3n) is 5.64. The van der Waals surface area contributed by atoms with Crippen molar-refractivity contribution < 1.29 is 4.74 Å². The molecule has 2 heterocycles. The van der Waals surface area contributed by atoms with Crippen LogP contribution in [0.25, 0.3) is 0 Å². The summed E-state index contributed by atoms with van der Waals surface area (Å²) in [7, 11) is 3.74. The largest absolute Gasteiger partial charge is 0.497 e. The maximum atomic E-state index is 5.24. The van der Waals surface area contributed by atoms with Gasteiger partial charge >= 0.3 is 0 Å². The molecule has 1 aromatic carbocycles. The minimum atomic E-state index is 0. The molecule has 2 aromatic rings. The van der Waals surface area contributed by atoms with Gasteiger partial charge in [-0.2, -0.15) is 0 Å². The van der Waals surface area contributed by atoms with Crippen molar-refractivity contribution in [1.29, 1.82) is 0 Å². The molecule has 1 saturated heterocycles. The van der Waals surface area contributed by atoms with Crippen LogP contribution in [0.3, 0.4) is 0 Å². The number of likely N-dealkylation sites (N-methyl/N-ethyl adjacent to an activating group) is 1. The van der Waals surface area contributed by atoms with E-state index < -0.39 is 0 Å². The number of nitrogens with one attached hydrogen (secondary N) is 1. The molecule has 3 rings (SSSR count). The van der Waals surface area contributed by atoms with E-state index in [2.05, 4.69) is 65.2 Å². The summed E-state index contributed by atoms with van der Waals surface area (Å²) in [6, 6.07) is 12.4. The predicted molar refractivity (Wildman–Crippen MR) is 143 cm³/mol. The fourth-order valence-electron chi connectivity index (χ4n) is 3.71. The zero-order valence-corrected chi connectivity index (χ0v) is 22.1. The van der Waals surface area contributed by atoms with Gasteiger partial charge in [0.05, 0.1) is 13.7 Å². The van der Waals surface area contributed by atoms with Crippen LogP contribution in [0.5, 0.6) is 5.75 Å². The summed E-state index contributed by atoms with van der Waals surface area (Å²) in [6.45, 7) is 11.9. The minimum Gasteiger partial charge on any atom is -0.497 e. The Morgan fingerprint density at radius 1 is 1.06 bits per heavy atom. The lowest BCUT2D eigenvalue weighted by atomic mass is 10.2. The van der Waals surface area contributed by atoms with E-state index in [0.717, 1.165) is 68.9 Å². The first-order chi connectivity index (χ1) is 15.1. The lowest BCUT2D eigenvalue weighted by Gasteiger charge is -2.34. The lowest BCUT2D eigenvalue weighted by molar-refractivity contribution is 0.270. The number of aliphatic imine (C=N–C) groups is 1. The normalized spacial score (nSPS) is 14.6. The Balaban J connectivity index is 0.00000363. The van der Waals surface area contributed by atoms with E-state index in [1.54, 1.807) is 7.11 Å². The Morgan fingerprint density at radius 2 is 1.75 bits per heavy atom. The Kier molecular flexibility index (Phi) is 11.0. The Hall–Kier alpha value is -2.07. The van der Waals surface area contributed by atoms with E-state index in [0.29, 0.717) is 6.54 Å². The molecule has 1 aliphatic rings. The number of nitrogens with zero attached hydrogens (tertiary/aromatic N) is 5. The maximum absolute atomic E-state index is 5.24. The summed E-state index contributed by atoms with van der Waals surface area (Å²) in [4.78, 5) is 16.5. The number of rotatable bonds is 8. The monoisotopic (exact) mass is 552 g/mol. The summed E-state index contributed by atoms with van der Waals surface area (Å²) >= 11 is 0. The molecular formula is C24H37IN6O. The Labute approximate surface area is 209 Å². The Bertz CT molecular complexity index is 819. The van der Waals surface area contributed by atoms with Crippen molar-refractivity contribution in [3.63, 3.8) is 0 Å². The summed E-state index contributed by atoms with van der Waals surface area (Å²) in [6.07, 6.45) is 1.96. The van der Waals surface area contributed by atoms with Gasteiger partial charge < -0.3 is 24.8 Å². The zero-order valence-electron chi connectivity index (χ0n) is 19.8. The quantitative estimate of drug-likeness (QED) is 0.308. The number of hydrogen-bond acceptors (Lipinski definition) is 5. The van der Waals surface area contributed by atoms with Crippen LogP contribution < -0.4 is 15.0 Å². The second-order valence-corrected chi connectivity index (χ2v) is 7.82. The number of guanidine groups is 1. The SMILES string of the molecule is CCNC(=NCc1ccc(N2CCN(CC)CC2)nc1)N(C)Cc1ccc(OC)cc1.I. The molecule has 1 fully saturated rings. The molecule has 1 aromatic heterocycles. The van der Waals surface area contributed by atoms with Gasteiger partial charge in [0.25, 0.3) is 0 Å². The Morgan fingerprint density at radius 3 is 2.31 bits per heavy atom. The van der Waals surface area contributed by atoms with Crippen LogP contribution in [0.4, 0.5) is 5.82 Å². The molecular weight excluding hydrogens is 515 g/mol. The van der Waals surface area contributed by atoms with Crippen LogP contribution in [0.15, 0.2) is 47.6 Å². The van der Waals surface area contributed by atoms with Crippen molar-refractivity contribution in [2.45, 2.75) is 26.9 Å². The van der Waals surface area contributed by atoms with Crippen LogP contribution in [0.1, 0.15) is 25.0 Å². The minimum absolute atomic E-state index is 0. The lowest BCUT2D eigenvalue weighted by Crippen LogP contribution is -2.46. The first kappa shape index (κ1) is 26.2. The van der Waals surface area contributed by atoms with Crippen LogP contribution >= 0.6 is 24.0 Å². The highest BCUT2D eigenvalue weighted by atomic mass is 127. The van der Waals surface area contributed by atoms with Gasteiger partial charge in [0.1, 0.15) is 11.6 Å². The van der Waals surface area contributed by atoms with E-state index >= 15 is 0 Å². The third kappa shape index (κ3) is 7.51. The number of anilines is 1. The first-order valence-corrected chi connectivity index (χ1v) is 11.2. The topological polar surface area (TPSA) is 56.2 Å². The average Bonchev–Trinajstić information content (AvgIpc) is 2.82. The number of halogens is 1. The highest BCUT2D eigenvalue weighted by Gasteiger charge is 2.16. The van der Waals surface area contributed by atoms with Crippen LogP contribution in [0.2, 0.25) is 0 Å². The van der Waals surface area contributed by atoms with Crippen molar-refractivity contribution in [2.24, 2.45) is 4.99 Å². The number of pyridine rings is 1. The number of aromatic nitrogens is 1. The highest BCUT2D eigenvalue weighted by Crippen LogP contribution is 2.15. The van der Waals surface area contributed by atoms with Gasteiger partial charge in [0.15, 0.2) is 5.96 Å². The summed E-state index contributed by atoms with van der Waals surface area (Å²) < 4.78 is 5.24. The second kappa shape index (κ2) is 13.5. The molecule has 7 nitrogen and oxygen atoms in total.